The Balaban J connectivity index is 1.77. The summed E-state index contributed by atoms with van der Waals surface area (Å²) in [6.45, 7) is 0.785. The molecule has 0 amide bonds. The number of carbonyl (C=O) groups excluding carboxylic acids is 1. The summed E-state index contributed by atoms with van der Waals surface area (Å²) in [5.41, 5.74) is 1.12. The lowest BCUT2D eigenvalue weighted by atomic mass is 9.86. The predicted molar refractivity (Wildman–Crippen MR) is 76.1 cm³/mol. The van der Waals surface area contributed by atoms with Crippen LogP contribution in [0.25, 0.3) is 0 Å². The first kappa shape index (κ1) is 14.4. The van der Waals surface area contributed by atoms with Crippen LogP contribution in [0.2, 0.25) is 5.02 Å². The molecule has 0 unspecified atom stereocenters. The Morgan fingerprint density at radius 2 is 2.00 bits per heavy atom. The summed E-state index contributed by atoms with van der Waals surface area (Å²) in [6.07, 6.45) is 3.86. The van der Waals surface area contributed by atoms with Crippen molar-refractivity contribution in [3.63, 3.8) is 0 Å². The standard InChI is InChI=1S/C15H20ClNO2/c1-19-15(18)11-6-8-13(9-7-11)17-10-12-4-2-3-5-14(12)16/h2-5,11,13,17H,6-10H2,1H3. The van der Waals surface area contributed by atoms with Crippen molar-refractivity contribution in [1.29, 1.82) is 0 Å². The lowest BCUT2D eigenvalue weighted by molar-refractivity contribution is -0.146. The number of hydrogen-bond donors (Lipinski definition) is 1. The molecule has 1 aliphatic rings. The first-order valence-electron chi connectivity index (χ1n) is 6.75. The predicted octanol–water partition coefficient (Wildman–Crippen LogP) is 3.16. The van der Waals surface area contributed by atoms with Gasteiger partial charge < -0.3 is 10.1 Å². The zero-order valence-electron chi connectivity index (χ0n) is 11.2. The number of rotatable bonds is 4. The molecule has 0 saturated heterocycles. The maximum absolute atomic E-state index is 11.4. The summed E-state index contributed by atoms with van der Waals surface area (Å²) in [4.78, 5) is 11.4. The van der Waals surface area contributed by atoms with E-state index in [0.717, 1.165) is 42.8 Å². The molecule has 0 aliphatic heterocycles. The van der Waals surface area contributed by atoms with Crippen LogP contribution in [0.15, 0.2) is 24.3 Å². The van der Waals surface area contributed by atoms with E-state index in [4.69, 9.17) is 16.3 Å². The molecule has 1 fully saturated rings. The minimum absolute atomic E-state index is 0.0652. The fourth-order valence-corrected chi connectivity index (χ4v) is 2.80. The number of carbonyl (C=O) groups is 1. The third kappa shape index (κ3) is 3.95. The number of hydrogen-bond acceptors (Lipinski definition) is 3. The molecule has 0 radical (unpaired) electrons. The SMILES string of the molecule is COC(=O)C1CCC(NCc2ccccc2Cl)CC1. The van der Waals surface area contributed by atoms with Crippen molar-refractivity contribution >= 4 is 17.6 Å². The summed E-state index contributed by atoms with van der Waals surface area (Å²) in [6, 6.07) is 8.35. The Bertz CT molecular complexity index is 428. The lowest BCUT2D eigenvalue weighted by Crippen LogP contribution is -2.34. The molecule has 104 valence electrons. The van der Waals surface area contributed by atoms with E-state index < -0.39 is 0 Å². The molecule has 0 atom stereocenters. The molecule has 1 N–H and O–H groups in total. The topological polar surface area (TPSA) is 38.3 Å². The van der Waals surface area contributed by atoms with E-state index in [2.05, 4.69) is 5.32 Å². The molecule has 19 heavy (non-hydrogen) atoms. The fraction of sp³-hybridized carbons (Fsp3) is 0.533. The molecule has 1 aromatic carbocycles. The summed E-state index contributed by atoms with van der Waals surface area (Å²) < 4.78 is 4.79. The van der Waals surface area contributed by atoms with Crippen LogP contribution >= 0.6 is 11.6 Å². The largest absolute Gasteiger partial charge is 0.469 e. The van der Waals surface area contributed by atoms with Gasteiger partial charge in [0, 0.05) is 17.6 Å². The van der Waals surface area contributed by atoms with Crippen molar-refractivity contribution < 1.29 is 9.53 Å². The maximum Gasteiger partial charge on any atom is 0.308 e. The number of nitrogens with one attached hydrogen (secondary N) is 1. The second-order valence-corrected chi connectivity index (χ2v) is 5.45. The van der Waals surface area contributed by atoms with E-state index in [-0.39, 0.29) is 11.9 Å². The molecule has 1 aliphatic carbocycles. The minimum Gasteiger partial charge on any atom is -0.469 e. The van der Waals surface area contributed by atoms with E-state index in [0.29, 0.717) is 6.04 Å². The van der Waals surface area contributed by atoms with Gasteiger partial charge in [-0.3, -0.25) is 4.79 Å². The molecule has 3 nitrogen and oxygen atoms in total. The Morgan fingerprint density at radius 3 is 2.63 bits per heavy atom. The van der Waals surface area contributed by atoms with Gasteiger partial charge in [0.1, 0.15) is 0 Å². The van der Waals surface area contributed by atoms with Gasteiger partial charge in [0.15, 0.2) is 0 Å². The van der Waals surface area contributed by atoms with Crippen LogP contribution < -0.4 is 5.32 Å². The highest BCUT2D eigenvalue weighted by Gasteiger charge is 2.26. The van der Waals surface area contributed by atoms with Gasteiger partial charge in [-0.1, -0.05) is 29.8 Å². The Kier molecular flexibility index (Phi) is 5.23. The number of esters is 1. The van der Waals surface area contributed by atoms with Gasteiger partial charge >= 0.3 is 5.97 Å². The normalized spacial score (nSPS) is 23.1. The molecule has 1 saturated carbocycles. The van der Waals surface area contributed by atoms with Crippen LogP contribution in [0.5, 0.6) is 0 Å². The number of halogens is 1. The lowest BCUT2D eigenvalue weighted by Gasteiger charge is -2.27. The maximum atomic E-state index is 11.4. The zero-order valence-corrected chi connectivity index (χ0v) is 12.0. The number of ether oxygens (including phenoxy) is 1. The van der Waals surface area contributed by atoms with Crippen LogP contribution in [0.1, 0.15) is 31.2 Å². The van der Waals surface area contributed by atoms with E-state index in [1.54, 1.807) is 0 Å². The van der Waals surface area contributed by atoms with Crippen molar-refractivity contribution in [2.24, 2.45) is 5.92 Å². The second-order valence-electron chi connectivity index (χ2n) is 5.04. The van der Waals surface area contributed by atoms with Crippen molar-refractivity contribution in [2.75, 3.05) is 7.11 Å². The van der Waals surface area contributed by atoms with Crippen molar-refractivity contribution in [3.8, 4) is 0 Å². The van der Waals surface area contributed by atoms with Crippen LogP contribution in [0.4, 0.5) is 0 Å². The molecular formula is C15H20ClNO2. The van der Waals surface area contributed by atoms with Gasteiger partial charge in [-0.05, 0) is 37.3 Å². The first-order chi connectivity index (χ1) is 9.20. The highest BCUT2D eigenvalue weighted by Crippen LogP contribution is 2.25. The van der Waals surface area contributed by atoms with Crippen LogP contribution in [-0.2, 0) is 16.1 Å². The quantitative estimate of drug-likeness (QED) is 0.862. The smallest absolute Gasteiger partial charge is 0.308 e. The first-order valence-corrected chi connectivity index (χ1v) is 7.13. The van der Waals surface area contributed by atoms with E-state index >= 15 is 0 Å². The second kappa shape index (κ2) is 6.92. The number of benzene rings is 1. The monoisotopic (exact) mass is 281 g/mol. The Hall–Kier alpha value is -1.06. The van der Waals surface area contributed by atoms with Gasteiger partial charge in [0.05, 0.1) is 13.0 Å². The van der Waals surface area contributed by atoms with Gasteiger partial charge in [0.2, 0.25) is 0 Å². The fourth-order valence-electron chi connectivity index (χ4n) is 2.60. The van der Waals surface area contributed by atoms with Gasteiger partial charge in [-0.25, -0.2) is 0 Å². The Morgan fingerprint density at radius 1 is 1.32 bits per heavy atom. The Labute approximate surface area is 119 Å². The molecule has 2 rings (SSSR count). The minimum atomic E-state index is -0.0652. The summed E-state index contributed by atoms with van der Waals surface area (Å²) in [5, 5.41) is 4.32. The molecule has 0 spiro atoms. The third-order valence-electron chi connectivity index (χ3n) is 3.80. The summed E-state index contributed by atoms with van der Waals surface area (Å²) in [5.74, 6) is 0.0212. The zero-order chi connectivity index (χ0) is 13.7. The molecule has 0 aromatic heterocycles. The van der Waals surface area contributed by atoms with Gasteiger partial charge in [0.25, 0.3) is 0 Å². The average Bonchev–Trinajstić information content (AvgIpc) is 2.46. The molecular weight excluding hydrogens is 262 g/mol. The highest BCUT2D eigenvalue weighted by molar-refractivity contribution is 6.31. The van der Waals surface area contributed by atoms with E-state index in [1.807, 2.05) is 24.3 Å². The molecule has 0 bridgehead atoms. The summed E-state index contributed by atoms with van der Waals surface area (Å²) >= 11 is 6.12. The van der Waals surface area contributed by atoms with E-state index in [1.165, 1.54) is 7.11 Å². The van der Waals surface area contributed by atoms with Crippen molar-refractivity contribution in [3.05, 3.63) is 34.9 Å². The molecule has 0 heterocycles. The number of methoxy groups -OCH3 is 1. The molecule has 1 aromatic rings. The van der Waals surface area contributed by atoms with Gasteiger partial charge in [-0.15, -0.1) is 0 Å². The van der Waals surface area contributed by atoms with Crippen molar-refractivity contribution in [1.82, 2.24) is 5.32 Å². The highest BCUT2D eigenvalue weighted by atomic mass is 35.5. The molecule has 4 heteroatoms. The third-order valence-corrected chi connectivity index (χ3v) is 4.17. The van der Waals surface area contributed by atoms with Gasteiger partial charge in [-0.2, -0.15) is 0 Å². The summed E-state index contributed by atoms with van der Waals surface area (Å²) in [7, 11) is 1.46. The van der Waals surface area contributed by atoms with Crippen LogP contribution in [-0.4, -0.2) is 19.1 Å². The van der Waals surface area contributed by atoms with Crippen LogP contribution in [0, 0.1) is 5.92 Å². The van der Waals surface area contributed by atoms with Crippen LogP contribution in [0.3, 0.4) is 0 Å². The van der Waals surface area contributed by atoms with E-state index in [9.17, 15) is 4.79 Å². The average molecular weight is 282 g/mol. The van der Waals surface area contributed by atoms with Crippen molar-refractivity contribution in [2.45, 2.75) is 38.3 Å².